The van der Waals surface area contributed by atoms with Crippen LogP contribution >= 0.6 is 0 Å². The maximum absolute atomic E-state index is 11.8. The van der Waals surface area contributed by atoms with Gasteiger partial charge in [-0.1, -0.05) is 11.2 Å². The number of carbonyl (C=O) groups is 1. The van der Waals surface area contributed by atoms with Crippen LogP contribution in [0.15, 0.2) is 59.3 Å². The second-order valence-corrected chi connectivity index (χ2v) is 4.90. The zero-order chi connectivity index (χ0) is 16.8. The minimum absolute atomic E-state index is 0.133. The van der Waals surface area contributed by atoms with E-state index in [1.54, 1.807) is 49.5 Å². The highest BCUT2D eigenvalue weighted by molar-refractivity contribution is 5.90. The van der Waals surface area contributed by atoms with Crippen LogP contribution < -0.4 is 14.8 Å². The molecular formula is C17H15N3O4. The number of ether oxygens (including phenoxy) is 2. The lowest BCUT2D eigenvalue weighted by Crippen LogP contribution is -2.20. The Labute approximate surface area is 138 Å². The second kappa shape index (κ2) is 7.28. The Kier molecular flexibility index (Phi) is 4.71. The Balaban J connectivity index is 1.50. The van der Waals surface area contributed by atoms with Gasteiger partial charge in [-0.05, 0) is 37.3 Å². The topological polar surface area (TPSA) is 86.5 Å². The van der Waals surface area contributed by atoms with Crippen molar-refractivity contribution >= 4 is 11.7 Å². The fraction of sp³-hybridized carbons (Fsp3) is 0.118. The van der Waals surface area contributed by atoms with Gasteiger partial charge in [0.25, 0.3) is 5.91 Å². The number of benzene rings is 1. The average Bonchev–Trinajstić information content (AvgIpc) is 3.00. The summed E-state index contributed by atoms with van der Waals surface area (Å²) < 4.78 is 15.9. The summed E-state index contributed by atoms with van der Waals surface area (Å²) in [7, 11) is 0. The van der Waals surface area contributed by atoms with Gasteiger partial charge in [-0.3, -0.25) is 4.79 Å². The van der Waals surface area contributed by atoms with Gasteiger partial charge >= 0.3 is 0 Å². The average molecular weight is 325 g/mol. The van der Waals surface area contributed by atoms with Gasteiger partial charge in [-0.15, -0.1) is 0 Å². The van der Waals surface area contributed by atoms with Gasteiger partial charge in [0.15, 0.2) is 12.4 Å². The van der Waals surface area contributed by atoms with Gasteiger partial charge in [0.1, 0.15) is 17.3 Å². The highest BCUT2D eigenvalue weighted by Gasteiger charge is 2.07. The second-order valence-electron chi connectivity index (χ2n) is 4.90. The summed E-state index contributed by atoms with van der Waals surface area (Å²) in [6.45, 7) is 1.61. The van der Waals surface area contributed by atoms with Gasteiger partial charge in [-0.25, -0.2) is 4.98 Å². The molecule has 3 rings (SSSR count). The number of hydrogen-bond acceptors (Lipinski definition) is 6. The molecule has 1 amide bonds. The van der Waals surface area contributed by atoms with Crippen molar-refractivity contribution in [3.63, 3.8) is 0 Å². The SMILES string of the molecule is Cc1cc(NC(=O)COc2ccc(Oc3ccccn3)cc2)no1. The molecule has 0 bridgehead atoms. The highest BCUT2D eigenvalue weighted by Crippen LogP contribution is 2.22. The normalized spacial score (nSPS) is 10.2. The molecule has 24 heavy (non-hydrogen) atoms. The van der Waals surface area contributed by atoms with Crippen molar-refractivity contribution in [2.45, 2.75) is 6.92 Å². The fourth-order valence-corrected chi connectivity index (χ4v) is 1.89. The summed E-state index contributed by atoms with van der Waals surface area (Å²) in [5.41, 5.74) is 0. The Morgan fingerprint density at radius 1 is 1.17 bits per heavy atom. The third-order valence-corrected chi connectivity index (χ3v) is 2.95. The summed E-state index contributed by atoms with van der Waals surface area (Å²) in [4.78, 5) is 15.8. The van der Waals surface area contributed by atoms with Crippen LogP contribution in [0.5, 0.6) is 17.4 Å². The Bertz CT molecular complexity index is 800. The van der Waals surface area contributed by atoms with Crippen molar-refractivity contribution in [3.05, 3.63) is 60.5 Å². The zero-order valence-corrected chi connectivity index (χ0v) is 12.9. The molecule has 0 saturated heterocycles. The van der Waals surface area contributed by atoms with Gasteiger partial charge in [0, 0.05) is 18.3 Å². The Hall–Kier alpha value is -3.35. The number of aryl methyl sites for hydroxylation is 1. The van der Waals surface area contributed by atoms with Gasteiger partial charge in [-0.2, -0.15) is 0 Å². The number of nitrogens with one attached hydrogen (secondary N) is 1. The van der Waals surface area contributed by atoms with Crippen LogP contribution in [0.1, 0.15) is 5.76 Å². The quantitative estimate of drug-likeness (QED) is 0.749. The lowest BCUT2D eigenvalue weighted by Gasteiger charge is -2.07. The van der Waals surface area contributed by atoms with E-state index >= 15 is 0 Å². The number of amides is 1. The third-order valence-electron chi connectivity index (χ3n) is 2.95. The van der Waals surface area contributed by atoms with E-state index < -0.39 is 0 Å². The lowest BCUT2D eigenvalue weighted by atomic mass is 10.3. The zero-order valence-electron chi connectivity index (χ0n) is 12.9. The van der Waals surface area contributed by atoms with Gasteiger partial charge in [0.2, 0.25) is 5.88 Å². The molecular weight excluding hydrogens is 310 g/mol. The van der Waals surface area contributed by atoms with Crippen molar-refractivity contribution in [2.24, 2.45) is 0 Å². The fourth-order valence-electron chi connectivity index (χ4n) is 1.89. The van der Waals surface area contributed by atoms with E-state index in [0.29, 0.717) is 29.0 Å². The van der Waals surface area contributed by atoms with E-state index in [-0.39, 0.29) is 12.5 Å². The van der Waals surface area contributed by atoms with Crippen molar-refractivity contribution in [2.75, 3.05) is 11.9 Å². The molecule has 0 aliphatic rings. The minimum Gasteiger partial charge on any atom is -0.484 e. The number of anilines is 1. The number of pyridine rings is 1. The summed E-state index contributed by atoms with van der Waals surface area (Å²) >= 11 is 0. The molecule has 0 fully saturated rings. The van der Waals surface area contributed by atoms with Crippen molar-refractivity contribution in [3.8, 4) is 17.4 Å². The minimum atomic E-state index is -0.322. The lowest BCUT2D eigenvalue weighted by molar-refractivity contribution is -0.118. The molecule has 1 aromatic carbocycles. The molecule has 0 aliphatic carbocycles. The summed E-state index contributed by atoms with van der Waals surface area (Å²) in [5, 5.41) is 6.25. The molecule has 0 aliphatic heterocycles. The summed E-state index contributed by atoms with van der Waals surface area (Å²) in [6.07, 6.45) is 1.65. The summed E-state index contributed by atoms with van der Waals surface area (Å²) in [5.74, 6) is 2.35. The van der Waals surface area contributed by atoms with E-state index in [1.165, 1.54) is 0 Å². The van der Waals surface area contributed by atoms with Crippen LogP contribution in [0.4, 0.5) is 5.82 Å². The summed E-state index contributed by atoms with van der Waals surface area (Å²) in [6, 6.07) is 14.0. The largest absolute Gasteiger partial charge is 0.484 e. The third kappa shape index (κ3) is 4.33. The van der Waals surface area contributed by atoms with Crippen LogP contribution in [-0.4, -0.2) is 22.7 Å². The predicted octanol–water partition coefficient (Wildman–Crippen LogP) is 3.19. The van der Waals surface area contributed by atoms with Crippen molar-refractivity contribution in [1.82, 2.24) is 10.1 Å². The first-order valence-corrected chi connectivity index (χ1v) is 7.24. The number of nitrogens with zero attached hydrogens (tertiary/aromatic N) is 2. The van der Waals surface area contributed by atoms with Crippen molar-refractivity contribution < 1.29 is 18.8 Å². The van der Waals surface area contributed by atoms with Crippen LogP contribution in [0.25, 0.3) is 0 Å². The molecule has 2 heterocycles. The molecule has 2 aromatic heterocycles. The molecule has 7 nitrogen and oxygen atoms in total. The number of rotatable bonds is 6. The first-order valence-electron chi connectivity index (χ1n) is 7.24. The molecule has 0 radical (unpaired) electrons. The molecule has 122 valence electrons. The molecule has 3 aromatic rings. The Morgan fingerprint density at radius 2 is 1.96 bits per heavy atom. The molecule has 1 N–H and O–H groups in total. The van der Waals surface area contributed by atoms with E-state index in [9.17, 15) is 4.79 Å². The molecule has 7 heteroatoms. The van der Waals surface area contributed by atoms with Gasteiger partial charge < -0.3 is 19.3 Å². The first-order chi connectivity index (χ1) is 11.7. The molecule has 0 spiro atoms. The van der Waals surface area contributed by atoms with Crippen molar-refractivity contribution in [1.29, 1.82) is 0 Å². The van der Waals surface area contributed by atoms with Crippen LogP contribution in [0, 0.1) is 6.92 Å². The number of carbonyl (C=O) groups excluding carboxylic acids is 1. The maximum Gasteiger partial charge on any atom is 0.263 e. The number of aromatic nitrogens is 2. The smallest absolute Gasteiger partial charge is 0.263 e. The van der Waals surface area contributed by atoms with E-state index in [4.69, 9.17) is 14.0 Å². The van der Waals surface area contributed by atoms with E-state index in [0.717, 1.165) is 0 Å². The van der Waals surface area contributed by atoms with Crippen LogP contribution in [-0.2, 0) is 4.79 Å². The predicted molar refractivity (Wildman–Crippen MR) is 86.1 cm³/mol. The van der Waals surface area contributed by atoms with E-state index in [1.807, 2.05) is 12.1 Å². The molecule has 0 atom stereocenters. The standard InChI is InChI=1S/C17H15N3O4/c1-12-10-15(20-24-12)19-16(21)11-22-13-5-7-14(8-6-13)23-17-4-2-3-9-18-17/h2-10H,11H2,1H3,(H,19,20,21). The number of hydrogen-bond donors (Lipinski definition) is 1. The van der Waals surface area contributed by atoms with E-state index in [2.05, 4.69) is 15.5 Å². The van der Waals surface area contributed by atoms with Gasteiger partial charge in [0.05, 0.1) is 0 Å². The maximum atomic E-state index is 11.8. The monoisotopic (exact) mass is 325 g/mol. The Morgan fingerprint density at radius 3 is 2.62 bits per heavy atom. The first kappa shape index (κ1) is 15.5. The molecule has 0 unspecified atom stereocenters. The van der Waals surface area contributed by atoms with Crippen LogP contribution in [0.3, 0.4) is 0 Å². The molecule has 0 saturated carbocycles. The highest BCUT2D eigenvalue weighted by atomic mass is 16.5. The van der Waals surface area contributed by atoms with Crippen LogP contribution in [0.2, 0.25) is 0 Å².